The second-order valence-corrected chi connectivity index (χ2v) is 12.8. The fourth-order valence-electron chi connectivity index (χ4n) is 4.29. The van der Waals surface area contributed by atoms with E-state index in [4.69, 9.17) is 16.3 Å². The van der Waals surface area contributed by atoms with Gasteiger partial charge in [0.1, 0.15) is 5.75 Å². The second-order valence-electron chi connectivity index (χ2n) is 8.96. The number of carbonyl (C=O) groups excluding carboxylic acids is 2. The third kappa shape index (κ3) is 5.64. The van der Waals surface area contributed by atoms with Crippen LogP contribution in [0.15, 0.2) is 64.2 Å². The number of carbonyl (C=O) groups is 2. The molecule has 2 aromatic heterocycles. The van der Waals surface area contributed by atoms with E-state index in [0.717, 1.165) is 17.0 Å². The van der Waals surface area contributed by atoms with Crippen LogP contribution in [0.2, 0.25) is 5.02 Å². The van der Waals surface area contributed by atoms with Crippen LogP contribution >= 0.6 is 46.0 Å². The van der Waals surface area contributed by atoms with Crippen molar-refractivity contribution in [2.75, 3.05) is 11.5 Å². The van der Waals surface area contributed by atoms with Crippen molar-refractivity contribution in [1.82, 2.24) is 15.2 Å². The number of thiazole rings is 1. The van der Waals surface area contributed by atoms with E-state index in [9.17, 15) is 14.7 Å². The first kappa shape index (κ1) is 28.3. The Morgan fingerprint density at radius 3 is 2.55 bits per heavy atom. The summed E-state index contributed by atoms with van der Waals surface area (Å²) in [6.07, 6.45) is 0.864. The highest BCUT2D eigenvalue weighted by atomic mass is 35.5. The number of ether oxygens (including phenoxy) is 1. The summed E-state index contributed by atoms with van der Waals surface area (Å²) >= 11 is 10.2. The Balaban J connectivity index is 1.50. The molecule has 0 radical (unpaired) electrons. The number of aliphatic hydroxyl groups is 1. The number of amides is 1. The monoisotopic (exact) mass is 612 g/mol. The molecule has 0 spiro atoms. The summed E-state index contributed by atoms with van der Waals surface area (Å²) in [4.78, 5) is 33.4. The van der Waals surface area contributed by atoms with Gasteiger partial charge >= 0.3 is 0 Å². The molecule has 8 nitrogen and oxygen atoms in total. The third-order valence-corrected chi connectivity index (χ3v) is 9.69. The molecule has 1 aliphatic heterocycles. The number of rotatable bonds is 10. The quantitative estimate of drug-likeness (QED) is 0.115. The number of hydrogen-bond donors (Lipinski definition) is 1. The second kappa shape index (κ2) is 12.1. The zero-order valence-corrected chi connectivity index (χ0v) is 25.1. The standard InChI is InChI=1S/C28H25ClN4O4S3/c1-4-13-37-19-11-9-17(10-12-19)22-21(23(34)25-15(2)30-16(3)39-25)24(35)26(36)33(22)27-31-32-28(40-27)38-14-18-7-5-6-8-20(18)29/h5-12,22,35H,4,13-14H2,1-3H3. The topological polar surface area (TPSA) is 106 Å². The normalized spacial score (nSPS) is 15.2. The molecule has 3 heterocycles. The summed E-state index contributed by atoms with van der Waals surface area (Å²) in [5, 5.41) is 21.3. The Kier molecular flexibility index (Phi) is 8.55. The summed E-state index contributed by atoms with van der Waals surface area (Å²) in [5.41, 5.74) is 2.12. The number of halogens is 1. The van der Waals surface area contributed by atoms with Gasteiger partial charge in [-0.1, -0.05) is 72.0 Å². The van der Waals surface area contributed by atoms with Gasteiger partial charge in [-0.3, -0.25) is 14.5 Å². The van der Waals surface area contributed by atoms with E-state index in [1.807, 2.05) is 38.1 Å². The minimum atomic E-state index is -0.906. The lowest BCUT2D eigenvalue weighted by molar-refractivity contribution is -0.117. The van der Waals surface area contributed by atoms with Crippen molar-refractivity contribution in [3.63, 3.8) is 0 Å². The van der Waals surface area contributed by atoms with Gasteiger partial charge in [-0.25, -0.2) is 4.98 Å². The third-order valence-electron chi connectivity index (χ3n) is 6.14. The van der Waals surface area contributed by atoms with E-state index in [-0.39, 0.29) is 10.7 Å². The van der Waals surface area contributed by atoms with Gasteiger partial charge in [0.25, 0.3) is 5.91 Å². The number of anilines is 1. The molecule has 0 bridgehead atoms. The highest BCUT2D eigenvalue weighted by Crippen LogP contribution is 2.45. The van der Waals surface area contributed by atoms with Gasteiger partial charge in [-0.05, 0) is 49.6 Å². The number of aryl methyl sites for hydroxylation is 2. The van der Waals surface area contributed by atoms with Crippen LogP contribution in [0, 0.1) is 13.8 Å². The van der Waals surface area contributed by atoms with Crippen molar-refractivity contribution in [1.29, 1.82) is 0 Å². The largest absolute Gasteiger partial charge is 0.503 e. The van der Waals surface area contributed by atoms with E-state index in [0.29, 0.717) is 43.6 Å². The lowest BCUT2D eigenvalue weighted by Crippen LogP contribution is -2.31. The van der Waals surface area contributed by atoms with Gasteiger partial charge in [0.15, 0.2) is 10.1 Å². The summed E-state index contributed by atoms with van der Waals surface area (Å²) < 4.78 is 6.34. The molecule has 1 atom stereocenters. The summed E-state index contributed by atoms with van der Waals surface area (Å²) in [6, 6.07) is 13.8. The van der Waals surface area contributed by atoms with Crippen LogP contribution in [0.4, 0.5) is 5.13 Å². The molecule has 4 aromatic rings. The molecule has 0 saturated carbocycles. The number of aliphatic hydroxyl groups excluding tert-OH is 1. The van der Waals surface area contributed by atoms with Crippen molar-refractivity contribution >= 4 is 62.9 Å². The fourth-order valence-corrected chi connectivity index (χ4v) is 7.32. The molecule has 1 amide bonds. The first-order valence-corrected chi connectivity index (χ1v) is 15.5. The number of ketones is 1. The molecule has 2 aromatic carbocycles. The van der Waals surface area contributed by atoms with Crippen molar-refractivity contribution in [2.45, 2.75) is 43.3 Å². The molecule has 0 fully saturated rings. The van der Waals surface area contributed by atoms with E-state index in [2.05, 4.69) is 15.2 Å². The molecule has 5 rings (SSSR count). The molecule has 1 unspecified atom stereocenters. The molecule has 1 aliphatic rings. The summed E-state index contributed by atoms with van der Waals surface area (Å²) in [6.45, 7) is 6.14. The maximum atomic E-state index is 13.8. The van der Waals surface area contributed by atoms with Gasteiger partial charge < -0.3 is 9.84 Å². The maximum Gasteiger partial charge on any atom is 0.296 e. The van der Waals surface area contributed by atoms with Crippen LogP contribution in [0.1, 0.15) is 50.9 Å². The predicted molar refractivity (Wildman–Crippen MR) is 159 cm³/mol. The molecular weight excluding hydrogens is 588 g/mol. The van der Waals surface area contributed by atoms with Crippen LogP contribution in [0.3, 0.4) is 0 Å². The summed E-state index contributed by atoms with van der Waals surface area (Å²) in [5.74, 6) is -0.511. The number of hydrogen-bond acceptors (Lipinski definition) is 10. The van der Waals surface area contributed by atoms with Gasteiger partial charge in [0, 0.05) is 10.8 Å². The Morgan fingerprint density at radius 1 is 1.12 bits per heavy atom. The Labute approximate surface area is 248 Å². The van der Waals surface area contributed by atoms with Crippen LogP contribution in [0.25, 0.3) is 0 Å². The maximum absolute atomic E-state index is 13.8. The van der Waals surface area contributed by atoms with Crippen LogP contribution in [-0.4, -0.2) is 38.6 Å². The molecule has 0 saturated heterocycles. The molecule has 206 valence electrons. The highest BCUT2D eigenvalue weighted by Gasteiger charge is 2.46. The number of Topliss-reactive ketones (excluding diaryl/α,β-unsaturated/α-hetero) is 1. The first-order valence-electron chi connectivity index (χ1n) is 12.5. The zero-order valence-electron chi connectivity index (χ0n) is 21.9. The first-order chi connectivity index (χ1) is 19.3. The number of thioether (sulfide) groups is 1. The molecule has 40 heavy (non-hydrogen) atoms. The van der Waals surface area contributed by atoms with Crippen molar-refractivity contribution in [2.24, 2.45) is 0 Å². The van der Waals surface area contributed by atoms with Crippen molar-refractivity contribution < 1.29 is 19.4 Å². The van der Waals surface area contributed by atoms with Crippen LogP contribution < -0.4 is 9.64 Å². The molecular formula is C28H25ClN4O4S3. The Morgan fingerprint density at radius 2 is 1.88 bits per heavy atom. The van der Waals surface area contributed by atoms with Gasteiger partial charge in [0.05, 0.1) is 33.8 Å². The lowest BCUT2D eigenvalue weighted by Gasteiger charge is -2.24. The molecule has 12 heteroatoms. The van der Waals surface area contributed by atoms with E-state index < -0.39 is 23.5 Å². The molecule has 0 aliphatic carbocycles. The van der Waals surface area contributed by atoms with Crippen LogP contribution in [0.5, 0.6) is 5.75 Å². The highest BCUT2D eigenvalue weighted by molar-refractivity contribution is 8.00. The Bertz CT molecular complexity index is 1600. The van der Waals surface area contributed by atoms with Crippen molar-refractivity contribution in [3.05, 3.63) is 91.6 Å². The van der Waals surface area contributed by atoms with Gasteiger partial charge in [-0.15, -0.1) is 21.5 Å². The van der Waals surface area contributed by atoms with Gasteiger partial charge in [0.2, 0.25) is 10.9 Å². The lowest BCUT2D eigenvalue weighted by atomic mass is 9.95. The minimum absolute atomic E-state index is 0.0144. The van der Waals surface area contributed by atoms with E-state index >= 15 is 0 Å². The minimum Gasteiger partial charge on any atom is -0.503 e. The SMILES string of the molecule is CCCOc1ccc(C2C(C(=O)c3sc(C)nc3C)=C(O)C(=O)N2c2nnc(SCc3ccccc3Cl)s2)cc1. The average molecular weight is 613 g/mol. The van der Waals surface area contributed by atoms with Gasteiger partial charge in [-0.2, -0.15) is 0 Å². The van der Waals surface area contributed by atoms with Crippen LogP contribution in [-0.2, 0) is 10.5 Å². The predicted octanol–water partition coefficient (Wildman–Crippen LogP) is 7.13. The number of aromatic nitrogens is 3. The average Bonchev–Trinajstić information content (AvgIpc) is 3.62. The number of benzene rings is 2. The van der Waals surface area contributed by atoms with E-state index in [1.165, 1.54) is 39.3 Å². The number of nitrogens with zero attached hydrogens (tertiary/aromatic N) is 4. The van der Waals surface area contributed by atoms with Crippen molar-refractivity contribution in [3.8, 4) is 5.75 Å². The molecule has 1 N–H and O–H groups in total. The Hall–Kier alpha value is -3.25. The smallest absolute Gasteiger partial charge is 0.296 e. The fraction of sp³-hybridized carbons (Fsp3) is 0.250. The summed E-state index contributed by atoms with van der Waals surface area (Å²) in [7, 11) is 0. The van der Waals surface area contributed by atoms with E-state index in [1.54, 1.807) is 31.2 Å². The zero-order chi connectivity index (χ0) is 28.4.